The lowest BCUT2D eigenvalue weighted by Crippen LogP contribution is -2.56. The SMILES string of the molecule is C[C@@H](NC(=O)c1cc(N2CCC(N3CC4(C)CC3(CO)C4)CC2)c2ncnn2c1)c1cccc(C(F)F)c1F. The van der Waals surface area contributed by atoms with Crippen LogP contribution in [-0.2, 0) is 0 Å². The Bertz CT molecular complexity index is 1400. The van der Waals surface area contributed by atoms with Crippen LogP contribution < -0.4 is 10.2 Å². The molecule has 0 spiro atoms. The van der Waals surface area contributed by atoms with Crippen molar-refractivity contribution in [2.75, 3.05) is 31.1 Å². The maximum Gasteiger partial charge on any atom is 0.266 e. The summed E-state index contributed by atoms with van der Waals surface area (Å²) < 4.78 is 42.5. The number of rotatable bonds is 7. The number of fused-ring (bicyclic) bond motifs is 2. The molecule has 208 valence electrons. The number of carbonyl (C=O) groups is 1. The topological polar surface area (TPSA) is 86.0 Å². The van der Waals surface area contributed by atoms with Gasteiger partial charge in [0, 0.05) is 43.0 Å². The van der Waals surface area contributed by atoms with Gasteiger partial charge in [-0.15, -0.1) is 0 Å². The Morgan fingerprint density at radius 2 is 1.95 bits per heavy atom. The Labute approximate surface area is 224 Å². The lowest BCUT2D eigenvalue weighted by molar-refractivity contribution is -0.00951. The number of hydrogen-bond donors (Lipinski definition) is 2. The minimum atomic E-state index is -2.94. The van der Waals surface area contributed by atoms with E-state index in [-0.39, 0.29) is 17.7 Å². The predicted octanol–water partition coefficient (Wildman–Crippen LogP) is 4.11. The highest BCUT2D eigenvalue weighted by molar-refractivity contribution is 5.96. The van der Waals surface area contributed by atoms with Crippen molar-refractivity contribution in [1.82, 2.24) is 24.8 Å². The fourth-order valence-corrected chi connectivity index (χ4v) is 7.26. The van der Waals surface area contributed by atoms with E-state index >= 15 is 0 Å². The second kappa shape index (κ2) is 9.48. The van der Waals surface area contributed by atoms with Crippen LogP contribution >= 0.6 is 0 Å². The molecule has 4 fully saturated rings. The summed E-state index contributed by atoms with van der Waals surface area (Å²) in [6.45, 7) is 6.65. The van der Waals surface area contributed by atoms with Gasteiger partial charge in [-0.25, -0.2) is 22.7 Å². The predicted molar refractivity (Wildman–Crippen MR) is 139 cm³/mol. The maximum absolute atomic E-state index is 14.7. The van der Waals surface area contributed by atoms with Gasteiger partial charge in [-0.1, -0.05) is 25.1 Å². The van der Waals surface area contributed by atoms with Crippen LogP contribution in [0.15, 0.2) is 36.8 Å². The number of benzene rings is 1. The number of pyridine rings is 1. The zero-order chi connectivity index (χ0) is 27.5. The number of amides is 1. The number of anilines is 1. The van der Waals surface area contributed by atoms with Crippen molar-refractivity contribution in [2.24, 2.45) is 5.41 Å². The van der Waals surface area contributed by atoms with Gasteiger partial charge in [0.15, 0.2) is 5.65 Å². The standard InChI is InChI=1S/C28H33F3N6O2/c1-17(20-4-3-5-21(23(20)29)24(30)31)34-26(39)18-10-22(25-32-16-33-37(25)11-18)35-8-6-19(7-9-35)36-14-27(2)12-28(36,13-27)15-38/h3-5,10-11,16-17,19,24,38H,6-9,12-15H2,1-2H3,(H,34,39)/t17-,27?,28?/m1/s1. The quantitative estimate of drug-likeness (QED) is 0.468. The number of carbonyl (C=O) groups excluding carboxylic acids is 1. The lowest BCUT2D eigenvalue weighted by Gasteiger charge is -2.48. The molecule has 1 saturated carbocycles. The first-order chi connectivity index (χ1) is 18.6. The van der Waals surface area contributed by atoms with Crippen LogP contribution in [0.5, 0.6) is 0 Å². The number of aliphatic hydroxyl groups is 1. The van der Waals surface area contributed by atoms with Crippen LogP contribution in [0.4, 0.5) is 18.9 Å². The molecule has 2 aromatic heterocycles. The molecule has 1 atom stereocenters. The first kappa shape index (κ1) is 26.1. The van der Waals surface area contributed by atoms with Crippen molar-refractivity contribution in [3.63, 3.8) is 0 Å². The third kappa shape index (κ3) is 4.35. The molecule has 0 unspecified atom stereocenters. The number of hydrogen-bond acceptors (Lipinski definition) is 6. The summed E-state index contributed by atoms with van der Waals surface area (Å²) in [5.74, 6) is -1.48. The Morgan fingerprint density at radius 1 is 1.23 bits per heavy atom. The van der Waals surface area contributed by atoms with Crippen molar-refractivity contribution in [2.45, 2.75) is 63.6 Å². The van der Waals surface area contributed by atoms with Crippen molar-refractivity contribution in [3.8, 4) is 0 Å². The van der Waals surface area contributed by atoms with Crippen molar-refractivity contribution in [3.05, 3.63) is 59.3 Å². The van der Waals surface area contributed by atoms with Gasteiger partial charge in [-0.3, -0.25) is 9.69 Å². The molecule has 7 rings (SSSR count). The summed E-state index contributed by atoms with van der Waals surface area (Å²) >= 11 is 0. The molecule has 3 saturated heterocycles. The lowest BCUT2D eigenvalue weighted by atomic mass is 9.63. The molecule has 0 radical (unpaired) electrons. The Kier molecular flexibility index (Phi) is 6.33. The zero-order valence-corrected chi connectivity index (χ0v) is 22.1. The van der Waals surface area contributed by atoms with Crippen LogP contribution in [0, 0.1) is 11.2 Å². The van der Waals surface area contributed by atoms with E-state index in [9.17, 15) is 23.1 Å². The van der Waals surface area contributed by atoms with Gasteiger partial charge in [-0.05, 0) is 44.1 Å². The largest absolute Gasteiger partial charge is 0.394 e. The number of piperidine rings is 1. The summed E-state index contributed by atoms with van der Waals surface area (Å²) in [5, 5.41) is 17.1. The number of halogens is 3. The maximum atomic E-state index is 14.7. The van der Waals surface area contributed by atoms with Crippen molar-refractivity contribution >= 4 is 17.2 Å². The van der Waals surface area contributed by atoms with E-state index in [4.69, 9.17) is 0 Å². The normalized spacial score (nSPS) is 26.3. The molecule has 1 aliphatic carbocycles. The van der Waals surface area contributed by atoms with Gasteiger partial charge in [0.1, 0.15) is 12.1 Å². The van der Waals surface area contributed by atoms with E-state index in [2.05, 4.69) is 32.1 Å². The summed E-state index contributed by atoms with van der Waals surface area (Å²) in [4.78, 5) is 22.4. The molecule has 11 heteroatoms. The van der Waals surface area contributed by atoms with Gasteiger partial charge < -0.3 is 15.3 Å². The highest BCUT2D eigenvalue weighted by Crippen LogP contribution is 2.60. The van der Waals surface area contributed by atoms with Gasteiger partial charge >= 0.3 is 0 Å². The average Bonchev–Trinajstić information content (AvgIpc) is 3.58. The Morgan fingerprint density at radius 3 is 2.64 bits per heavy atom. The second-order valence-corrected chi connectivity index (χ2v) is 11.8. The van der Waals surface area contributed by atoms with Gasteiger partial charge in [0.25, 0.3) is 12.3 Å². The highest BCUT2D eigenvalue weighted by atomic mass is 19.3. The molecule has 39 heavy (non-hydrogen) atoms. The molecule has 3 aromatic rings. The monoisotopic (exact) mass is 542 g/mol. The van der Waals surface area contributed by atoms with Crippen LogP contribution in [0.25, 0.3) is 5.65 Å². The van der Waals surface area contributed by atoms with E-state index in [1.807, 2.05) is 0 Å². The van der Waals surface area contributed by atoms with E-state index in [1.165, 1.54) is 18.5 Å². The number of aromatic nitrogens is 3. The third-order valence-corrected chi connectivity index (χ3v) is 8.94. The minimum Gasteiger partial charge on any atom is -0.394 e. The zero-order valence-electron chi connectivity index (χ0n) is 22.1. The summed E-state index contributed by atoms with van der Waals surface area (Å²) in [7, 11) is 0. The Hall–Kier alpha value is -3.18. The summed E-state index contributed by atoms with van der Waals surface area (Å²) in [6, 6.07) is 5.14. The molecular formula is C28H33F3N6O2. The van der Waals surface area contributed by atoms with E-state index in [1.54, 1.807) is 23.7 Å². The molecule has 1 amide bonds. The second-order valence-electron chi connectivity index (χ2n) is 11.8. The molecule has 2 N–H and O–H groups in total. The van der Waals surface area contributed by atoms with Crippen LogP contribution in [-0.4, -0.2) is 68.3 Å². The molecule has 3 aliphatic heterocycles. The molecule has 5 heterocycles. The number of alkyl halides is 2. The van der Waals surface area contributed by atoms with Crippen LogP contribution in [0.2, 0.25) is 0 Å². The smallest absolute Gasteiger partial charge is 0.266 e. The number of aliphatic hydroxyl groups excluding tert-OH is 1. The third-order valence-electron chi connectivity index (χ3n) is 8.94. The van der Waals surface area contributed by atoms with Crippen LogP contribution in [0.3, 0.4) is 0 Å². The minimum absolute atomic E-state index is 0.000366. The fourth-order valence-electron chi connectivity index (χ4n) is 7.26. The molecular weight excluding hydrogens is 509 g/mol. The average molecular weight is 543 g/mol. The van der Waals surface area contributed by atoms with E-state index < -0.39 is 29.8 Å². The fraction of sp³-hybridized carbons (Fsp3) is 0.536. The van der Waals surface area contributed by atoms with Gasteiger partial charge in [0.2, 0.25) is 0 Å². The molecule has 1 aromatic carbocycles. The van der Waals surface area contributed by atoms with Crippen molar-refractivity contribution in [1.29, 1.82) is 0 Å². The molecule has 4 aliphatic rings. The van der Waals surface area contributed by atoms with Gasteiger partial charge in [0.05, 0.1) is 29.5 Å². The van der Waals surface area contributed by atoms with Gasteiger partial charge in [-0.2, -0.15) is 5.10 Å². The highest BCUT2D eigenvalue weighted by Gasteiger charge is 2.63. The molecule has 2 bridgehead atoms. The molecule has 8 nitrogen and oxygen atoms in total. The van der Waals surface area contributed by atoms with Crippen molar-refractivity contribution < 1.29 is 23.1 Å². The number of nitrogens with one attached hydrogen (secondary N) is 1. The van der Waals surface area contributed by atoms with Crippen LogP contribution in [0.1, 0.15) is 73.5 Å². The van der Waals surface area contributed by atoms with E-state index in [0.29, 0.717) is 22.7 Å². The Balaban J connectivity index is 1.19. The summed E-state index contributed by atoms with van der Waals surface area (Å²) in [6.07, 6.45) is 4.05. The first-order valence-corrected chi connectivity index (χ1v) is 13.5. The van der Waals surface area contributed by atoms with E-state index in [0.717, 1.165) is 57.1 Å². The first-order valence-electron chi connectivity index (χ1n) is 13.5. The summed E-state index contributed by atoms with van der Waals surface area (Å²) in [5.41, 5.74) is 1.30. The number of nitrogens with zero attached hydrogens (tertiary/aromatic N) is 5.